The molecule has 0 unspecified atom stereocenters. The molecule has 0 saturated heterocycles. The van der Waals surface area contributed by atoms with Crippen molar-refractivity contribution < 1.29 is 9.47 Å². The average molecular weight is 399 g/mol. The third-order valence-corrected chi connectivity index (χ3v) is 4.33. The van der Waals surface area contributed by atoms with Crippen LogP contribution < -0.4 is 9.47 Å². The Balaban J connectivity index is 1.63. The minimum Gasteiger partial charge on any atom is -0.490 e. The zero-order valence-electron chi connectivity index (χ0n) is 16.2. The predicted octanol–water partition coefficient (Wildman–Crippen LogP) is 4.70. The van der Waals surface area contributed by atoms with Crippen LogP contribution in [0.4, 0.5) is 0 Å². The van der Waals surface area contributed by atoms with Crippen molar-refractivity contribution in [1.82, 2.24) is 14.9 Å². The molecule has 1 heterocycles. The van der Waals surface area contributed by atoms with Crippen LogP contribution in [-0.2, 0) is 0 Å². The third kappa shape index (κ3) is 5.33. The summed E-state index contributed by atoms with van der Waals surface area (Å²) >= 11 is 6.11. The van der Waals surface area contributed by atoms with E-state index in [4.69, 9.17) is 21.1 Å². The van der Waals surface area contributed by atoms with E-state index in [1.165, 1.54) is 28.5 Å². The Bertz CT molecular complexity index is 940. The smallest absolute Gasteiger partial charge is 0.141 e. The molecule has 146 valence electrons. The molecule has 0 amide bonds. The first-order valence-electron chi connectivity index (χ1n) is 9.07. The summed E-state index contributed by atoms with van der Waals surface area (Å²) in [6.45, 7) is 7.21. The number of hydrogen-bond donors (Lipinski definition) is 0. The van der Waals surface area contributed by atoms with E-state index in [-0.39, 0.29) is 0 Å². The van der Waals surface area contributed by atoms with Crippen molar-refractivity contribution in [3.63, 3.8) is 0 Å². The number of hydrogen-bond acceptors (Lipinski definition) is 5. The van der Waals surface area contributed by atoms with Crippen molar-refractivity contribution >= 4 is 17.8 Å². The Hall–Kier alpha value is -2.86. The largest absolute Gasteiger partial charge is 0.490 e. The molecule has 0 saturated carbocycles. The summed E-state index contributed by atoms with van der Waals surface area (Å²) in [6.07, 6.45) is 4.66. The molecule has 1 aromatic heterocycles. The van der Waals surface area contributed by atoms with Gasteiger partial charge in [-0.1, -0.05) is 37.6 Å². The van der Waals surface area contributed by atoms with Gasteiger partial charge in [-0.3, -0.25) is 0 Å². The Kier molecular flexibility index (Phi) is 6.66. The predicted molar refractivity (Wildman–Crippen MR) is 111 cm³/mol. The van der Waals surface area contributed by atoms with Gasteiger partial charge in [-0.15, -0.1) is 10.2 Å². The van der Waals surface area contributed by atoms with Gasteiger partial charge < -0.3 is 9.47 Å². The van der Waals surface area contributed by atoms with E-state index in [9.17, 15) is 0 Å². The van der Waals surface area contributed by atoms with Crippen LogP contribution in [0.25, 0.3) is 0 Å². The molecular formula is C21H23ClN4O2. The quantitative estimate of drug-likeness (QED) is 0.407. The molecule has 0 aliphatic heterocycles. The molecule has 0 spiro atoms. The molecular weight excluding hydrogens is 376 g/mol. The summed E-state index contributed by atoms with van der Waals surface area (Å²) in [5.41, 5.74) is 3.13. The maximum atomic E-state index is 6.11. The van der Waals surface area contributed by atoms with Crippen molar-refractivity contribution in [2.75, 3.05) is 13.2 Å². The third-order valence-electron chi connectivity index (χ3n) is 4.10. The fraction of sp³-hybridized carbons (Fsp3) is 0.286. The summed E-state index contributed by atoms with van der Waals surface area (Å²) in [6, 6.07) is 11.7. The molecule has 0 fully saturated rings. The molecule has 7 heteroatoms. The van der Waals surface area contributed by atoms with E-state index in [2.05, 4.69) is 54.3 Å². The number of halogens is 1. The van der Waals surface area contributed by atoms with E-state index in [0.717, 1.165) is 11.3 Å². The molecule has 6 nitrogen and oxygen atoms in total. The van der Waals surface area contributed by atoms with Crippen LogP contribution in [0.1, 0.15) is 36.5 Å². The van der Waals surface area contributed by atoms with E-state index in [0.29, 0.717) is 29.9 Å². The molecule has 0 aliphatic carbocycles. The lowest BCUT2D eigenvalue weighted by atomic mass is 10.0. The number of aryl methyl sites for hydroxylation is 1. The molecule has 0 aliphatic rings. The second kappa shape index (κ2) is 9.37. The second-order valence-corrected chi connectivity index (χ2v) is 7.10. The Labute approximate surface area is 169 Å². The van der Waals surface area contributed by atoms with E-state index >= 15 is 0 Å². The molecule has 0 atom stereocenters. The molecule has 0 radical (unpaired) electrons. The lowest BCUT2D eigenvalue weighted by Gasteiger charge is -2.15. The highest BCUT2D eigenvalue weighted by molar-refractivity contribution is 6.30. The summed E-state index contributed by atoms with van der Waals surface area (Å²) in [5, 5.41) is 12.3. The van der Waals surface area contributed by atoms with Crippen molar-refractivity contribution in [1.29, 1.82) is 0 Å². The zero-order chi connectivity index (χ0) is 19.9. The normalized spacial score (nSPS) is 11.3. The average Bonchev–Trinajstić information content (AvgIpc) is 3.18. The molecule has 3 rings (SSSR count). The van der Waals surface area contributed by atoms with Gasteiger partial charge in [-0.2, -0.15) is 5.10 Å². The topological polar surface area (TPSA) is 61.5 Å². The van der Waals surface area contributed by atoms with Gasteiger partial charge in [0.1, 0.15) is 37.4 Å². The van der Waals surface area contributed by atoms with Crippen LogP contribution in [0.5, 0.6) is 11.5 Å². The van der Waals surface area contributed by atoms with Crippen molar-refractivity contribution in [2.24, 2.45) is 5.10 Å². The molecule has 0 bridgehead atoms. The summed E-state index contributed by atoms with van der Waals surface area (Å²) in [5.74, 6) is 1.98. The second-order valence-electron chi connectivity index (χ2n) is 6.66. The fourth-order valence-electron chi connectivity index (χ4n) is 2.68. The highest BCUT2D eigenvalue weighted by Crippen LogP contribution is 2.27. The summed E-state index contributed by atoms with van der Waals surface area (Å²) in [4.78, 5) is 0. The highest BCUT2D eigenvalue weighted by atomic mass is 35.5. The van der Waals surface area contributed by atoms with Crippen molar-refractivity contribution in [2.45, 2.75) is 26.7 Å². The van der Waals surface area contributed by atoms with Crippen LogP contribution in [0, 0.1) is 6.92 Å². The van der Waals surface area contributed by atoms with E-state index in [1.54, 1.807) is 18.3 Å². The van der Waals surface area contributed by atoms with E-state index in [1.807, 2.05) is 6.07 Å². The maximum absolute atomic E-state index is 6.11. The first-order valence-corrected chi connectivity index (χ1v) is 9.45. The monoisotopic (exact) mass is 398 g/mol. The summed E-state index contributed by atoms with van der Waals surface area (Å²) in [7, 11) is 0. The van der Waals surface area contributed by atoms with Crippen LogP contribution in [-0.4, -0.2) is 34.3 Å². The number of aromatic nitrogens is 3. The van der Waals surface area contributed by atoms with E-state index < -0.39 is 0 Å². The first kappa shape index (κ1) is 19.9. The minimum atomic E-state index is 0.397. The van der Waals surface area contributed by atoms with Crippen LogP contribution >= 0.6 is 11.6 Å². The Morgan fingerprint density at radius 2 is 1.75 bits per heavy atom. The SMILES string of the molecule is Cc1ccc(C(C)C)c(OCCOc2ccc(Cl)cc2C=Nn2cnnc2)c1. The van der Waals surface area contributed by atoms with Crippen LogP contribution in [0.15, 0.2) is 54.2 Å². The zero-order valence-corrected chi connectivity index (χ0v) is 16.9. The number of rotatable bonds is 8. The van der Waals surface area contributed by atoms with Crippen molar-refractivity contribution in [3.8, 4) is 11.5 Å². The number of ether oxygens (including phenoxy) is 2. The van der Waals surface area contributed by atoms with Crippen molar-refractivity contribution in [3.05, 3.63) is 70.8 Å². The number of nitrogens with zero attached hydrogens (tertiary/aromatic N) is 4. The van der Waals surface area contributed by atoms with Gasteiger partial charge in [0.05, 0.1) is 6.21 Å². The molecule has 0 N–H and O–H groups in total. The summed E-state index contributed by atoms with van der Waals surface area (Å²) < 4.78 is 13.4. The van der Waals surface area contributed by atoms with Gasteiger partial charge >= 0.3 is 0 Å². The minimum absolute atomic E-state index is 0.397. The van der Waals surface area contributed by atoms with Crippen LogP contribution in [0.3, 0.4) is 0 Å². The molecule has 3 aromatic rings. The maximum Gasteiger partial charge on any atom is 0.141 e. The first-order chi connectivity index (χ1) is 13.5. The van der Waals surface area contributed by atoms with Gasteiger partial charge in [0.15, 0.2) is 0 Å². The van der Waals surface area contributed by atoms with Gasteiger partial charge in [-0.25, -0.2) is 4.68 Å². The molecule has 2 aromatic carbocycles. The van der Waals surface area contributed by atoms with Gasteiger partial charge in [0.2, 0.25) is 0 Å². The standard InChI is InChI=1S/C21H23ClN4O2/c1-15(2)19-6-4-16(3)10-21(19)28-9-8-27-20-7-5-18(22)11-17(20)12-25-26-13-23-24-14-26/h4-7,10-15H,8-9H2,1-3H3. The lowest BCUT2D eigenvalue weighted by molar-refractivity contribution is 0.215. The highest BCUT2D eigenvalue weighted by Gasteiger charge is 2.09. The Morgan fingerprint density at radius 3 is 2.46 bits per heavy atom. The van der Waals surface area contributed by atoms with Crippen LogP contribution in [0.2, 0.25) is 5.02 Å². The molecule has 28 heavy (non-hydrogen) atoms. The van der Waals surface area contributed by atoms with Gasteiger partial charge in [0, 0.05) is 10.6 Å². The fourth-order valence-corrected chi connectivity index (χ4v) is 2.86. The Morgan fingerprint density at radius 1 is 1.04 bits per heavy atom. The van der Waals surface area contributed by atoms with Gasteiger partial charge in [-0.05, 0) is 48.2 Å². The number of benzene rings is 2. The lowest BCUT2D eigenvalue weighted by Crippen LogP contribution is -2.11. The van der Waals surface area contributed by atoms with Gasteiger partial charge in [0.25, 0.3) is 0 Å².